The van der Waals surface area contributed by atoms with Crippen LogP contribution in [0.4, 0.5) is 0 Å². The number of rotatable bonds is 5. The first kappa shape index (κ1) is 12.0. The largest absolute Gasteiger partial charge is 0.370 e. The fourth-order valence-corrected chi connectivity index (χ4v) is 2.39. The Morgan fingerprint density at radius 1 is 1.40 bits per heavy atom. The molecule has 4 N–H and O–H groups in total. The predicted molar refractivity (Wildman–Crippen MR) is 53.4 cm³/mol. The molecule has 0 radical (unpaired) electrons. The van der Waals surface area contributed by atoms with Crippen LogP contribution < -0.4 is 10.9 Å². The zero-order valence-corrected chi connectivity index (χ0v) is 9.34. The van der Waals surface area contributed by atoms with Crippen molar-refractivity contribution in [2.24, 2.45) is 10.9 Å². The van der Waals surface area contributed by atoms with Gasteiger partial charge in [0, 0.05) is 12.8 Å². The Balaban J connectivity index is 2.58. The summed E-state index contributed by atoms with van der Waals surface area (Å²) in [7, 11) is -3.77. The highest BCUT2D eigenvalue weighted by atomic mass is 32.2. The van der Waals surface area contributed by atoms with E-state index < -0.39 is 15.9 Å². The molecule has 0 atom stereocenters. The number of carbonyl (C=O) groups excluding carboxylic acids is 1. The number of nitrogens with zero attached hydrogens (tertiary/aromatic N) is 2. The molecule has 0 aliphatic carbocycles. The zero-order valence-electron chi connectivity index (χ0n) is 7.71. The third-order valence-electron chi connectivity index (χ3n) is 1.51. The van der Waals surface area contributed by atoms with Gasteiger partial charge in [0.1, 0.15) is 5.01 Å². The second kappa shape index (κ2) is 4.64. The van der Waals surface area contributed by atoms with Gasteiger partial charge in [-0.3, -0.25) is 4.79 Å². The summed E-state index contributed by atoms with van der Waals surface area (Å²) in [5, 5.41) is 12.4. The molecule has 0 spiro atoms. The number of hydrogen-bond acceptors (Lipinski definition) is 6. The van der Waals surface area contributed by atoms with Crippen LogP contribution in [-0.2, 0) is 21.2 Å². The highest BCUT2D eigenvalue weighted by Gasteiger charge is 2.14. The van der Waals surface area contributed by atoms with E-state index in [1.165, 1.54) is 0 Å². The van der Waals surface area contributed by atoms with Crippen molar-refractivity contribution in [3.63, 3.8) is 0 Å². The molecule has 7 nitrogen and oxygen atoms in total. The van der Waals surface area contributed by atoms with Crippen molar-refractivity contribution in [2.75, 3.05) is 0 Å². The van der Waals surface area contributed by atoms with Crippen LogP contribution in [0.5, 0.6) is 0 Å². The van der Waals surface area contributed by atoms with Gasteiger partial charge in [-0.1, -0.05) is 11.3 Å². The number of nitrogens with two attached hydrogens (primary N) is 2. The van der Waals surface area contributed by atoms with Gasteiger partial charge in [-0.25, -0.2) is 13.6 Å². The van der Waals surface area contributed by atoms with Crippen LogP contribution in [0.2, 0.25) is 0 Å². The minimum absolute atomic E-state index is 0.212. The lowest BCUT2D eigenvalue weighted by Crippen LogP contribution is -2.11. The van der Waals surface area contributed by atoms with Gasteiger partial charge in [-0.15, -0.1) is 10.2 Å². The molecule has 1 amide bonds. The van der Waals surface area contributed by atoms with Crippen molar-refractivity contribution >= 4 is 27.3 Å². The summed E-state index contributed by atoms with van der Waals surface area (Å²) >= 11 is 0.904. The monoisotopic (exact) mass is 250 g/mol. The first-order valence-corrected chi connectivity index (χ1v) is 6.39. The van der Waals surface area contributed by atoms with E-state index in [1.807, 2.05) is 0 Å². The van der Waals surface area contributed by atoms with Crippen molar-refractivity contribution in [1.29, 1.82) is 0 Å². The van der Waals surface area contributed by atoms with Gasteiger partial charge >= 0.3 is 0 Å². The van der Waals surface area contributed by atoms with E-state index >= 15 is 0 Å². The lowest BCUT2D eigenvalue weighted by Gasteiger charge is -1.92. The Hall–Kier alpha value is -1.06. The van der Waals surface area contributed by atoms with E-state index in [0.29, 0.717) is 17.8 Å². The van der Waals surface area contributed by atoms with E-state index in [1.54, 1.807) is 0 Å². The zero-order chi connectivity index (χ0) is 11.5. The van der Waals surface area contributed by atoms with E-state index in [9.17, 15) is 13.2 Å². The molecular weight excluding hydrogens is 240 g/mol. The van der Waals surface area contributed by atoms with Crippen molar-refractivity contribution < 1.29 is 13.2 Å². The Bertz CT molecular complexity index is 453. The predicted octanol–water partition coefficient (Wildman–Crippen LogP) is -1.01. The first-order chi connectivity index (χ1) is 6.89. The van der Waals surface area contributed by atoms with Gasteiger partial charge in [0.2, 0.25) is 10.2 Å². The molecule has 1 heterocycles. The van der Waals surface area contributed by atoms with Gasteiger partial charge < -0.3 is 5.73 Å². The highest BCUT2D eigenvalue weighted by molar-refractivity contribution is 7.91. The van der Waals surface area contributed by atoms with Gasteiger partial charge in [-0.05, 0) is 6.42 Å². The van der Waals surface area contributed by atoms with Gasteiger partial charge in [-0.2, -0.15) is 0 Å². The van der Waals surface area contributed by atoms with Crippen LogP contribution in [0.1, 0.15) is 17.8 Å². The topological polar surface area (TPSA) is 129 Å². The molecule has 15 heavy (non-hydrogen) atoms. The fraction of sp³-hybridized carbons (Fsp3) is 0.500. The number of primary sulfonamides is 1. The van der Waals surface area contributed by atoms with Gasteiger partial charge in [0.05, 0.1) is 0 Å². The van der Waals surface area contributed by atoms with E-state index in [4.69, 9.17) is 10.9 Å². The normalized spacial score (nSPS) is 11.5. The van der Waals surface area contributed by atoms with E-state index in [0.717, 1.165) is 11.3 Å². The maximum absolute atomic E-state index is 10.8. The third-order valence-corrected chi connectivity index (χ3v) is 3.80. The molecule has 0 bridgehead atoms. The molecule has 84 valence electrons. The van der Waals surface area contributed by atoms with Crippen LogP contribution in [0, 0.1) is 0 Å². The maximum atomic E-state index is 10.8. The second-order valence-electron chi connectivity index (χ2n) is 2.83. The van der Waals surface area contributed by atoms with Crippen molar-refractivity contribution in [3.05, 3.63) is 5.01 Å². The second-order valence-corrected chi connectivity index (χ2v) is 5.62. The Labute approximate surface area is 90.5 Å². The summed E-state index contributed by atoms with van der Waals surface area (Å²) < 4.78 is 21.5. The number of aryl methyl sites for hydroxylation is 1. The lowest BCUT2D eigenvalue weighted by molar-refractivity contribution is -0.118. The van der Waals surface area contributed by atoms with Crippen molar-refractivity contribution in [2.45, 2.75) is 23.6 Å². The molecule has 0 aromatic carbocycles. The van der Waals surface area contributed by atoms with Crippen molar-refractivity contribution in [1.82, 2.24) is 10.2 Å². The fourth-order valence-electron chi connectivity index (χ4n) is 0.868. The standard InChI is InChI=1S/C6H10N4O3S2/c7-4(11)2-1-3-5-9-10-6(14-5)15(8,12)13/h1-3H2,(H2,7,11)(H2,8,12,13). The van der Waals surface area contributed by atoms with E-state index in [2.05, 4.69) is 10.2 Å². The Kier molecular flexibility index (Phi) is 3.72. The molecule has 9 heteroatoms. The number of aromatic nitrogens is 2. The van der Waals surface area contributed by atoms with Crippen molar-refractivity contribution in [3.8, 4) is 0 Å². The summed E-state index contributed by atoms with van der Waals surface area (Å²) in [6, 6.07) is 0. The lowest BCUT2D eigenvalue weighted by atomic mass is 10.2. The quantitative estimate of drug-likeness (QED) is 0.692. The van der Waals surface area contributed by atoms with Crippen LogP contribution in [-0.4, -0.2) is 24.5 Å². The Morgan fingerprint density at radius 2 is 2.07 bits per heavy atom. The molecule has 0 unspecified atom stereocenters. The van der Waals surface area contributed by atoms with Crippen LogP contribution in [0.15, 0.2) is 4.34 Å². The molecule has 0 fully saturated rings. The van der Waals surface area contributed by atoms with Crippen LogP contribution >= 0.6 is 11.3 Å². The Morgan fingerprint density at radius 3 is 2.53 bits per heavy atom. The summed E-state index contributed by atoms with van der Waals surface area (Å²) in [4.78, 5) is 10.4. The number of amides is 1. The average Bonchev–Trinajstić information content (AvgIpc) is 2.51. The molecule has 0 aliphatic heterocycles. The molecular formula is C6H10N4O3S2. The summed E-state index contributed by atoms with van der Waals surface area (Å²) in [5.74, 6) is -0.397. The number of primary amides is 1. The summed E-state index contributed by atoms with van der Waals surface area (Å²) in [6.07, 6.45) is 1.23. The van der Waals surface area contributed by atoms with Gasteiger partial charge in [0.25, 0.3) is 10.0 Å². The number of carbonyl (C=O) groups is 1. The summed E-state index contributed by atoms with van der Waals surface area (Å²) in [5.41, 5.74) is 4.94. The minimum Gasteiger partial charge on any atom is -0.370 e. The minimum atomic E-state index is -3.77. The summed E-state index contributed by atoms with van der Waals surface area (Å²) in [6.45, 7) is 0. The number of sulfonamides is 1. The third kappa shape index (κ3) is 3.90. The molecule has 1 rings (SSSR count). The maximum Gasteiger partial charge on any atom is 0.267 e. The average molecular weight is 250 g/mol. The van der Waals surface area contributed by atoms with Crippen LogP contribution in [0.3, 0.4) is 0 Å². The molecule has 1 aromatic heterocycles. The number of hydrogen-bond donors (Lipinski definition) is 2. The SMILES string of the molecule is NC(=O)CCCc1nnc(S(N)(=O)=O)s1. The van der Waals surface area contributed by atoms with Crippen LogP contribution in [0.25, 0.3) is 0 Å². The first-order valence-electron chi connectivity index (χ1n) is 4.03. The molecule has 0 aliphatic rings. The van der Waals surface area contributed by atoms with Gasteiger partial charge in [0.15, 0.2) is 0 Å². The highest BCUT2D eigenvalue weighted by Crippen LogP contribution is 2.15. The van der Waals surface area contributed by atoms with E-state index in [-0.39, 0.29) is 10.8 Å². The smallest absolute Gasteiger partial charge is 0.267 e. The molecule has 1 aromatic rings. The molecule has 0 saturated carbocycles. The molecule has 0 saturated heterocycles.